The van der Waals surface area contributed by atoms with Gasteiger partial charge in [-0.25, -0.2) is 0 Å². The van der Waals surface area contributed by atoms with E-state index in [1.165, 1.54) is 5.56 Å². The number of anilines is 1. The molecule has 0 N–H and O–H groups in total. The van der Waals surface area contributed by atoms with Crippen LogP contribution in [-0.2, 0) is 11.3 Å². The van der Waals surface area contributed by atoms with Gasteiger partial charge in [0.2, 0.25) is 5.91 Å². The lowest BCUT2D eigenvalue weighted by atomic mass is 10.0. The second-order valence-electron chi connectivity index (χ2n) is 7.17. The van der Waals surface area contributed by atoms with Gasteiger partial charge in [0.1, 0.15) is 11.5 Å². The highest BCUT2D eigenvalue weighted by Gasteiger charge is 2.28. The van der Waals surface area contributed by atoms with Crippen LogP contribution in [0, 0.1) is 0 Å². The van der Waals surface area contributed by atoms with Gasteiger partial charge in [-0.15, -0.1) is 0 Å². The lowest BCUT2D eigenvalue weighted by molar-refractivity contribution is -0.119. The highest BCUT2D eigenvalue weighted by molar-refractivity contribution is 5.94. The zero-order valence-corrected chi connectivity index (χ0v) is 17.1. The molecule has 0 aromatic heterocycles. The fourth-order valence-electron chi connectivity index (χ4n) is 3.81. The number of carbonyl (C=O) groups is 1. The SMILES string of the molecule is CCC(=O)N(c1cccc(OC)c1)C1CCN(Cc2ccc(OC)cc2)CC1. The van der Waals surface area contributed by atoms with Crippen LogP contribution >= 0.6 is 0 Å². The summed E-state index contributed by atoms with van der Waals surface area (Å²) < 4.78 is 10.6. The van der Waals surface area contributed by atoms with Crippen LogP contribution < -0.4 is 14.4 Å². The highest BCUT2D eigenvalue weighted by Crippen LogP contribution is 2.28. The Kier molecular flexibility index (Phi) is 6.93. The maximum absolute atomic E-state index is 12.7. The van der Waals surface area contributed by atoms with E-state index in [9.17, 15) is 4.79 Å². The quantitative estimate of drug-likeness (QED) is 0.723. The first kappa shape index (κ1) is 20.2. The molecule has 150 valence electrons. The second-order valence-corrected chi connectivity index (χ2v) is 7.17. The van der Waals surface area contributed by atoms with Gasteiger partial charge in [-0.3, -0.25) is 9.69 Å². The van der Waals surface area contributed by atoms with Crippen LogP contribution in [0.4, 0.5) is 5.69 Å². The Morgan fingerprint density at radius 2 is 1.71 bits per heavy atom. The highest BCUT2D eigenvalue weighted by atomic mass is 16.5. The van der Waals surface area contributed by atoms with E-state index in [2.05, 4.69) is 17.0 Å². The Bertz CT molecular complexity index is 768. The van der Waals surface area contributed by atoms with Crippen LogP contribution in [0.15, 0.2) is 48.5 Å². The number of methoxy groups -OCH3 is 2. The first-order valence-corrected chi connectivity index (χ1v) is 9.96. The minimum atomic E-state index is 0.168. The van der Waals surface area contributed by atoms with E-state index in [4.69, 9.17) is 9.47 Å². The Morgan fingerprint density at radius 3 is 2.32 bits per heavy atom. The molecule has 1 fully saturated rings. The van der Waals surface area contributed by atoms with Crippen LogP contribution in [0.25, 0.3) is 0 Å². The molecule has 1 saturated heterocycles. The molecule has 2 aromatic carbocycles. The molecule has 0 bridgehead atoms. The van der Waals surface area contributed by atoms with Gasteiger partial charge in [0.25, 0.3) is 0 Å². The zero-order valence-electron chi connectivity index (χ0n) is 17.1. The molecule has 0 aliphatic carbocycles. The lowest BCUT2D eigenvalue weighted by Gasteiger charge is -2.38. The number of piperidine rings is 1. The van der Waals surface area contributed by atoms with Crippen molar-refractivity contribution in [1.29, 1.82) is 0 Å². The number of hydrogen-bond acceptors (Lipinski definition) is 4. The summed E-state index contributed by atoms with van der Waals surface area (Å²) >= 11 is 0. The molecule has 1 aliphatic rings. The molecular weight excluding hydrogens is 352 g/mol. The van der Waals surface area contributed by atoms with Gasteiger partial charge in [-0.05, 0) is 42.7 Å². The van der Waals surface area contributed by atoms with Crippen molar-refractivity contribution in [3.63, 3.8) is 0 Å². The number of likely N-dealkylation sites (tertiary alicyclic amines) is 1. The van der Waals surface area contributed by atoms with E-state index in [1.807, 2.05) is 48.2 Å². The summed E-state index contributed by atoms with van der Waals surface area (Å²) in [6.45, 7) is 4.81. The average Bonchev–Trinajstić information content (AvgIpc) is 2.75. The van der Waals surface area contributed by atoms with Crippen molar-refractivity contribution in [1.82, 2.24) is 4.90 Å². The largest absolute Gasteiger partial charge is 0.497 e. The smallest absolute Gasteiger partial charge is 0.226 e. The third kappa shape index (κ3) is 4.84. The van der Waals surface area contributed by atoms with Gasteiger partial charge in [0.05, 0.1) is 14.2 Å². The average molecular weight is 383 g/mol. The molecule has 1 heterocycles. The molecular formula is C23H30N2O3. The van der Waals surface area contributed by atoms with E-state index in [0.717, 1.165) is 49.7 Å². The second kappa shape index (κ2) is 9.60. The Balaban J connectivity index is 1.65. The van der Waals surface area contributed by atoms with Crippen molar-refractivity contribution in [3.05, 3.63) is 54.1 Å². The normalized spacial score (nSPS) is 15.2. The minimum absolute atomic E-state index is 0.168. The van der Waals surface area contributed by atoms with Crippen molar-refractivity contribution in [2.45, 2.75) is 38.8 Å². The van der Waals surface area contributed by atoms with Gasteiger partial charge in [0.15, 0.2) is 0 Å². The van der Waals surface area contributed by atoms with Crippen LogP contribution in [0.5, 0.6) is 11.5 Å². The fourth-order valence-corrected chi connectivity index (χ4v) is 3.81. The summed E-state index contributed by atoms with van der Waals surface area (Å²) in [6.07, 6.45) is 2.45. The molecule has 0 radical (unpaired) electrons. The fraction of sp³-hybridized carbons (Fsp3) is 0.435. The summed E-state index contributed by atoms with van der Waals surface area (Å²) in [5.41, 5.74) is 2.22. The summed E-state index contributed by atoms with van der Waals surface area (Å²) in [5.74, 6) is 1.83. The predicted molar refractivity (Wildman–Crippen MR) is 112 cm³/mol. The summed E-state index contributed by atoms with van der Waals surface area (Å²) in [4.78, 5) is 17.1. The maximum atomic E-state index is 12.7. The third-order valence-electron chi connectivity index (χ3n) is 5.39. The molecule has 2 aromatic rings. The van der Waals surface area contributed by atoms with E-state index in [1.54, 1.807) is 14.2 Å². The maximum Gasteiger partial charge on any atom is 0.226 e. The van der Waals surface area contributed by atoms with Crippen molar-refractivity contribution >= 4 is 11.6 Å². The van der Waals surface area contributed by atoms with Gasteiger partial charge in [-0.2, -0.15) is 0 Å². The van der Waals surface area contributed by atoms with Gasteiger partial charge < -0.3 is 14.4 Å². The first-order valence-electron chi connectivity index (χ1n) is 9.96. The summed E-state index contributed by atoms with van der Waals surface area (Å²) in [7, 11) is 3.34. The first-order chi connectivity index (χ1) is 13.6. The number of rotatable bonds is 7. The molecule has 1 amide bonds. The molecule has 5 heteroatoms. The molecule has 0 unspecified atom stereocenters. The Labute approximate surface area is 167 Å². The van der Waals surface area contributed by atoms with Crippen molar-refractivity contribution in [2.75, 3.05) is 32.2 Å². The van der Waals surface area contributed by atoms with Crippen LogP contribution in [0.3, 0.4) is 0 Å². The Morgan fingerprint density at radius 1 is 1.04 bits per heavy atom. The molecule has 28 heavy (non-hydrogen) atoms. The molecule has 3 rings (SSSR count). The number of ether oxygens (including phenoxy) is 2. The van der Waals surface area contributed by atoms with Crippen LogP contribution in [-0.4, -0.2) is 44.2 Å². The number of amides is 1. The van der Waals surface area contributed by atoms with Gasteiger partial charge >= 0.3 is 0 Å². The van der Waals surface area contributed by atoms with Gasteiger partial charge in [-0.1, -0.05) is 25.1 Å². The monoisotopic (exact) mass is 382 g/mol. The van der Waals surface area contributed by atoms with Crippen molar-refractivity contribution in [2.24, 2.45) is 0 Å². The molecule has 1 aliphatic heterocycles. The van der Waals surface area contributed by atoms with E-state index in [-0.39, 0.29) is 11.9 Å². The predicted octanol–water partition coefficient (Wildman–Crippen LogP) is 4.11. The lowest BCUT2D eigenvalue weighted by Crippen LogP contribution is -2.47. The minimum Gasteiger partial charge on any atom is -0.497 e. The number of benzene rings is 2. The molecule has 0 atom stereocenters. The van der Waals surface area contributed by atoms with E-state index < -0.39 is 0 Å². The molecule has 5 nitrogen and oxygen atoms in total. The number of hydrogen-bond donors (Lipinski definition) is 0. The molecule has 0 spiro atoms. The third-order valence-corrected chi connectivity index (χ3v) is 5.39. The standard InChI is InChI=1S/C23H30N2O3/c1-4-23(26)25(20-6-5-7-22(16-20)28-3)19-12-14-24(15-13-19)17-18-8-10-21(27-2)11-9-18/h5-11,16,19H,4,12-15,17H2,1-3H3. The zero-order chi connectivity index (χ0) is 19.9. The topological polar surface area (TPSA) is 42.0 Å². The summed E-state index contributed by atoms with van der Waals surface area (Å²) in [6, 6.07) is 16.3. The van der Waals surface area contributed by atoms with Crippen molar-refractivity contribution in [3.8, 4) is 11.5 Å². The molecule has 0 saturated carbocycles. The van der Waals surface area contributed by atoms with Gasteiger partial charge in [0, 0.05) is 43.9 Å². The van der Waals surface area contributed by atoms with Crippen molar-refractivity contribution < 1.29 is 14.3 Å². The van der Waals surface area contributed by atoms with Crippen LogP contribution in [0.1, 0.15) is 31.7 Å². The Hall–Kier alpha value is -2.53. The number of nitrogens with zero attached hydrogens (tertiary/aromatic N) is 2. The van der Waals surface area contributed by atoms with E-state index >= 15 is 0 Å². The number of carbonyl (C=O) groups excluding carboxylic acids is 1. The van der Waals surface area contributed by atoms with Crippen LogP contribution in [0.2, 0.25) is 0 Å². The van der Waals surface area contributed by atoms with E-state index in [0.29, 0.717) is 6.42 Å². The summed E-state index contributed by atoms with van der Waals surface area (Å²) in [5, 5.41) is 0.